The summed E-state index contributed by atoms with van der Waals surface area (Å²) in [6.45, 7) is 0.189. The molecule has 2 aromatic rings. The van der Waals surface area contributed by atoms with Crippen LogP contribution in [-0.4, -0.2) is 52.7 Å². The maximum atomic E-state index is 14.8. The number of carbonyl (C=O) groups excluding carboxylic acids is 2. The van der Waals surface area contributed by atoms with Gasteiger partial charge in [0.25, 0.3) is 0 Å². The number of hydrogen-bond acceptors (Lipinski definition) is 4. The molecule has 1 N–H and O–H groups in total. The second kappa shape index (κ2) is 8.80. The molecule has 0 bridgehead atoms. The van der Waals surface area contributed by atoms with Crippen molar-refractivity contribution in [3.05, 3.63) is 59.2 Å². The van der Waals surface area contributed by atoms with Gasteiger partial charge in [-0.25, -0.2) is 8.78 Å². The van der Waals surface area contributed by atoms with Crippen molar-refractivity contribution in [2.45, 2.75) is 65.4 Å². The Bertz CT molecular complexity index is 1380. The molecule has 1 aromatic heterocycles. The van der Waals surface area contributed by atoms with Crippen LogP contribution < -0.4 is 5.32 Å². The maximum absolute atomic E-state index is 14.8. The van der Waals surface area contributed by atoms with Crippen molar-refractivity contribution < 1.29 is 44.7 Å². The van der Waals surface area contributed by atoms with E-state index >= 15 is 0 Å². The maximum Gasteiger partial charge on any atom is 0.437 e. The van der Waals surface area contributed by atoms with Crippen LogP contribution in [0.15, 0.2) is 41.4 Å². The Hall–Kier alpha value is -2.90. The second-order valence-electron chi connectivity index (χ2n) is 10.7. The van der Waals surface area contributed by atoms with Crippen LogP contribution in [-0.2, 0) is 26.4 Å². The van der Waals surface area contributed by atoms with Gasteiger partial charge in [-0.3, -0.25) is 14.6 Å². The molecular weight excluding hydrogens is 570 g/mol. The van der Waals surface area contributed by atoms with E-state index < -0.39 is 46.4 Å². The predicted octanol–water partition coefficient (Wildman–Crippen LogP) is 5.18. The molecule has 2 amide bonds. The number of fused-ring (bicyclic) bond motifs is 4. The monoisotopic (exact) mass is 591 g/mol. The Balaban J connectivity index is 1.42. The van der Waals surface area contributed by atoms with Crippen LogP contribution in [0.5, 0.6) is 0 Å². The van der Waals surface area contributed by atoms with Gasteiger partial charge < -0.3 is 10.2 Å². The van der Waals surface area contributed by atoms with Crippen molar-refractivity contribution >= 4 is 23.6 Å². The molecule has 5 nitrogen and oxygen atoms in total. The molecule has 0 radical (unpaired) electrons. The molecule has 5 atom stereocenters. The number of rotatable bonds is 4. The first-order valence-electron chi connectivity index (χ1n) is 12.5. The number of alkyl halides is 7. The standard InChI is InChI=1S/C26H21F8N3O2S/c27-13-2-1-3-14(9-13)40-23-6-7-37(22(39)20-15-10-16(15)21(38)36-20)19(23)5-4-12-8-18(35-11-17(12)23)24(28,25(29,30)31)26(32,33)34/h1-3,8-9,11,15-16,19-20H,4-7,10H2,(H,36,38). The van der Waals surface area contributed by atoms with Gasteiger partial charge in [0.15, 0.2) is 0 Å². The van der Waals surface area contributed by atoms with E-state index in [-0.39, 0.29) is 60.6 Å². The summed E-state index contributed by atoms with van der Waals surface area (Å²) in [5.41, 5.74) is -7.17. The topological polar surface area (TPSA) is 62.3 Å². The number of carbonyl (C=O) groups is 2. The molecule has 3 fully saturated rings. The molecule has 40 heavy (non-hydrogen) atoms. The molecule has 214 valence electrons. The average Bonchev–Trinajstić information content (AvgIpc) is 3.48. The van der Waals surface area contributed by atoms with Crippen molar-refractivity contribution in [3.8, 4) is 0 Å². The zero-order chi connectivity index (χ0) is 28.8. The van der Waals surface area contributed by atoms with E-state index in [9.17, 15) is 44.7 Å². The van der Waals surface area contributed by atoms with Crippen molar-refractivity contribution in [1.82, 2.24) is 15.2 Å². The van der Waals surface area contributed by atoms with Crippen LogP contribution >= 0.6 is 11.8 Å². The number of nitrogens with one attached hydrogen (secondary N) is 1. The number of hydrogen-bond donors (Lipinski definition) is 1. The number of thioether (sulfide) groups is 1. The van der Waals surface area contributed by atoms with Gasteiger partial charge in [0.1, 0.15) is 11.9 Å². The first-order valence-corrected chi connectivity index (χ1v) is 13.4. The quantitative estimate of drug-likeness (QED) is 0.498. The number of pyridine rings is 1. The van der Waals surface area contributed by atoms with Crippen molar-refractivity contribution in [2.75, 3.05) is 6.54 Å². The minimum Gasteiger partial charge on any atom is -0.344 e. The van der Waals surface area contributed by atoms with E-state index in [1.165, 1.54) is 18.2 Å². The number of likely N-dealkylation sites (tertiary alicyclic amines) is 1. The molecule has 1 saturated carbocycles. The Morgan fingerprint density at radius 1 is 1.10 bits per heavy atom. The minimum absolute atomic E-state index is 0.0420. The molecule has 1 aromatic carbocycles. The van der Waals surface area contributed by atoms with Gasteiger partial charge in [0.05, 0.1) is 16.5 Å². The van der Waals surface area contributed by atoms with Gasteiger partial charge in [-0.15, -0.1) is 11.8 Å². The Kier molecular flexibility index (Phi) is 6.00. The van der Waals surface area contributed by atoms with Crippen LogP contribution in [0.4, 0.5) is 35.1 Å². The third-order valence-corrected chi connectivity index (χ3v) is 10.0. The second-order valence-corrected chi connectivity index (χ2v) is 12.1. The van der Waals surface area contributed by atoms with E-state index in [2.05, 4.69) is 10.3 Å². The fraction of sp³-hybridized carbons (Fsp3) is 0.500. The van der Waals surface area contributed by atoms with Gasteiger partial charge in [0, 0.05) is 29.5 Å². The van der Waals surface area contributed by atoms with Gasteiger partial charge in [0.2, 0.25) is 11.8 Å². The summed E-state index contributed by atoms with van der Waals surface area (Å²) in [6, 6.07) is 4.74. The number of nitrogens with zero attached hydrogens (tertiary/aromatic N) is 2. The summed E-state index contributed by atoms with van der Waals surface area (Å²) in [4.78, 5) is 31.0. The fourth-order valence-electron chi connectivity index (χ4n) is 6.43. The first kappa shape index (κ1) is 27.3. The number of aryl methyl sites for hydroxylation is 1. The van der Waals surface area contributed by atoms with Gasteiger partial charge >= 0.3 is 18.0 Å². The van der Waals surface area contributed by atoms with Gasteiger partial charge in [-0.1, -0.05) is 6.07 Å². The summed E-state index contributed by atoms with van der Waals surface area (Å²) in [5, 5.41) is 2.71. The van der Waals surface area contributed by atoms with Crippen molar-refractivity contribution in [2.24, 2.45) is 11.8 Å². The molecule has 2 aliphatic carbocycles. The predicted molar refractivity (Wildman–Crippen MR) is 125 cm³/mol. The summed E-state index contributed by atoms with van der Waals surface area (Å²) in [6.07, 6.45) is -10.8. The van der Waals surface area contributed by atoms with Crippen LogP contribution in [0.1, 0.15) is 36.1 Å². The lowest BCUT2D eigenvalue weighted by Crippen LogP contribution is -2.53. The third kappa shape index (κ3) is 3.92. The summed E-state index contributed by atoms with van der Waals surface area (Å²) >= 11 is 1.14. The number of amides is 2. The summed E-state index contributed by atoms with van der Waals surface area (Å²) in [5.74, 6) is -1.39. The highest BCUT2D eigenvalue weighted by Gasteiger charge is 2.74. The molecule has 0 spiro atoms. The smallest absolute Gasteiger partial charge is 0.344 e. The lowest BCUT2D eigenvalue weighted by molar-refractivity contribution is -0.350. The zero-order valence-electron chi connectivity index (χ0n) is 20.5. The molecule has 6 rings (SSSR count). The van der Waals surface area contributed by atoms with E-state index in [0.29, 0.717) is 17.4 Å². The van der Waals surface area contributed by atoms with Crippen molar-refractivity contribution in [1.29, 1.82) is 0 Å². The average molecular weight is 592 g/mol. The van der Waals surface area contributed by atoms with E-state index in [1.807, 2.05) is 0 Å². The highest BCUT2D eigenvalue weighted by Crippen LogP contribution is 2.58. The van der Waals surface area contributed by atoms with Crippen molar-refractivity contribution in [3.63, 3.8) is 0 Å². The summed E-state index contributed by atoms with van der Waals surface area (Å²) < 4.78 is 108. The number of piperidine rings is 1. The van der Waals surface area contributed by atoms with Crippen LogP contribution in [0.2, 0.25) is 0 Å². The number of aromatic nitrogens is 1. The Labute approximate surface area is 226 Å². The summed E-state index contributed by atoms with van der Waals surface area (Å²) in [7, 11) is 0. The Morgan fingerprint density at radius 3 is 2.42 bits per heavy atom. The molecular formula is C26H21F8N3O2S. The Morgan fingerprint density at radius 2 is 1.82 bits per heavy atom. The molecule has 14 heteroatoms. The minimum atomic E-state index is -6.30. The number of halogens is 8. The lowest BCUT2D eigenvalue weighted by atomic mass is 9.78. The van der Waals surface area contributed by atoms with Gasteiger partial charge in [-0.05, 0) is 61.1 Å². The van der Waals surface area contributed by atoms with Gasteiger partial charge in [-0.2, -0.15) is 26.3 Å². The van der Waals surface area contributed by atoms with Crippen LogP contribution in [0, 0.1) is 17.7 Å². The van der Waals surface area contributed by atoms with Crippen LogP contribution in [0.25, 0.3) is 0 Å². The normalized spacial score (nSPS) is 29.5. The molecule has 3 heterocycles. The van der Waals surface area contributed by atoms with E-state index in [4.69, 9.17) is 0 Å². The van der Waals surface area contributed by atoms with E-state index in [0.717, 1.165) is 18.0 Å². The molecule has 4 aliphatic rings. The number of benzene rings is 1. The molecule has 5 unspecified atom stereocenters. The fourth-order valence-corrected chi connectivity index (χ4v) is 8.04. The van der Waals surface area contributed by atoms with E-state index in [1.54, 1.807) is 11.0 Å². The highest BCUT2D eigenvalue weighted by atomic mass is 32.2. The molecule has 2 saturated heterocycles. The first-order chi connectivity index (χ1) is 18.7. The van der Waals surface area contributed by atoms with Crippen LogP contribution in [0.3, 0.4) is 0 Å². The lowest BCUT2D eigenvalue weighted by Gasteiger charge is -2.43. The highest BCUT2D eigenvalue weighted by molar-refractivity contribution is 8.00. The molecule has 2 aliphatic heterocycles. The third-order valence-electron chi connectivity index (χ3n) is 8.45. The zero-order valence-corrected chi connectivity index (χ0v) is 21.3. The SMILES string of the molecule is O=C1NC(C(=O)N2CCC3(Sc4cccc(F)c4)c4cnc(C(F)(C(F)(F)F)C(F)(F)F)cc4CCC23)C2CC12. The largest absolute Gasteiger partial charge is 0.437 e.